The first-order valence-electron chi connectivity index (χ1n) is 13.5. The van der Waals surface area contributed by atoms with Gasteiger partial charge in [0.25, 0.3) is 5.91 Å². The van der Waals surface area contributed by atoms with E-state index >= 15 is 0 Å². The lowest BCUT2D eigenvalue weighted by Gasteiger charge is -2.47. The maximum absolute atomic E-state index is 13.6. The number of hydrogen-bond donors (Lipinski definition) is 3. The minimum absolute atomic E-state index is 0.100. The molecule has 1 unspecified atom stereocenters. The molecule has 3 heterocycles. The van der Waals surface area contributed by atoms with Crippen molar-refractivity contribution in [1.29, 1.82) is 0 Å². The number of nitrogens with zero attached hydrogens (tertiary/aromatic N) is 2. The fourth-order valence-electron chi connectivity index (χ4n) is 5.80. The van der Waals surface area contributed by atoms with Crippen LogP contribution in [0.25, 0.3) is 0 Å². The normalized spacial score (nSPS) is 28.8. The SMILES string of the molecule is CC[C@]1(C)CC(=O)N(C2c3cc(C(=O)N[C@@H]4c5ccccc5OC(C)(C)[C@H]4O)ccc3OCC2(C)C)C(N)=N1. The van der Waals surface area contributed by atoms with E-state index in [1.54, 1.807) is 36.9 Å². The Labute approximate surface area is 229 Å². The van der Waals surface area contributed by atoms with Crippen LogP contribution in [0.5, 0.6) is 11.5 Å². The van der Waals surface area contributed by atoms with Gasteiger partial charge in [0.15, 0.2) is 5.96 Å². The molecule has 2 amide bonds. The van der Waals surface area contributed by atoms with Crippen LogP contribution in [-0.2, 0) is 4.79 Å². The number of aliphatic imine (C=N–C) groups is 1. The number of carbonyl (C=O) groups is 2. The summed E-state index contributed by atoms with van der Waals surface area (Å²) >= 11 is 0. The molecule has 3 aliphatic rings. The van der Waals surface area contributed by atoms with Crippen molar-refractivity contribution in [2.75, 3.05) is 6.61 Å². The first kappa shape index (κ1) is 27.0. The van der Waals surface area contributed by atoms with Crippen LogP contribution >= 0.6 is 0 Å². The number of amides is 2. The summed E-state index contributed by atoms with van der Waals surface area (Å²) in [7, 11) is 0. The van der Waals surface area contributed by atoms with Gasteiger partial charge in [-0.05, 0) is 51.5 Å². The molecular weight excluding hydrogens is 496 g/mol. The summed E-state index contributed by atoms with van der Waals surface area (Å²) in [5, 5.41) is 14.1. The molecule has 2 aromatic rings. The zero-order chi connectivity index (χ0) is 28.3. The number of aliphatic hydroxyl groups excluding tert-OH is 1. The fraction of sp³-hybridized carbons (Fsp3) is 0.500. The van der Waals surface area contributed by atoms with Gasteiger partial charge in [-0.15, -0.1) is 0 Å². The van der Waals surface area contributed by atoms with Crippen molar-refractivity contribution in [2.45, 2.75) is 83.7 Å². The topological polar surface area (TPSA) is 126 Å². The van der Waals surface area contributed by atoms with Gasteiger partial charge in [0, 0.05) is 22.1 Å². The number of hydrogen-bond acceptors (Lipinski definition) is 7. The molecule has 9 nitrogen and oxygen atoms in total. The average Bonchev–Trinajstić information content (AvgIpc) is 2.87. The highest BCUT2D eigenvalue weighted by Crippen LogP contribution is 2.48. The smallest absolute Gasteiger partial charge is 0.251 e. The molecule has 0 fully saturated rings. The van der Waals surface area contributed by atoms with Crippen molar-refractivity contribution >= 4 is 17.8 Å². The molecule has 0 aliphatic carbocycles. The maximum Gasteiger partial charge on any atom is 0.251 e. The Morgan fingerprint density at radius 3 is 2.54 bits per heavy atom. The number of aliphatic hydroxyl groups is 1. The van der Waals surface area contributed by atoms with Crippen LogP contribution in [0.1, 0.15) is 88.0 Å². The summed E-state index contributed by atoms with van der Waals surface area (Å²) in [6, 6.07) is 11.4. The van der Waals surface area contributed by atoms with Gasteiger partial charge >= 0.3 is 0 Å². The van der Waals surface area contributed by atoms with Crippen LogP contribution in [0.15, 0.2) is 47.5 Å². The van der Waals surface area contributed by atoms with E-state index in [9.17, 15) is 14.7 Å². The van der Waals surface area contributed by atoms with E-state index in [0.717, 1.165) is 0 Å². The number of nitrogens with two attached hydrogens (primary N) is 1. The molecular formula is C30H38N4O5. The van der Waals surface area contributed by atoms with E-state index in [1.165, 1.54) is 0 Å². The monoisotopic (exact) mass is 534 g/mol. The molecule has 5 rings (SSSR count). The first-order chi connectivity index (χ1) is 18.3. The number of para-hydroxylation sites is 1. The van der Waals surface area contributed by atoms with Crippen LogP contribution in [0.2, 0.25) is 0 Å². The molecule has 39 heavy (non-hydrogen) atoms. The number of fused-ring (bicyclic) bond motifs is 2. The third kappa shape index (κ3) is 4.62. The number of guanidine groups is 1. The van der Waals surface area contributed by atoms with Gasteiger partial charge in [0.1, 0.15) is 23.2 Å². The standard InChI is InChI=1S/C30H38N4O5/c1-7-30(6)15-22(35)34(27(31)33-30)24-19-14-17(12-13-20(19)38-16-28(24,2)3)26(37)32-23-18-10-8-9-11-21(18)39-29(4,5)25(23)36/h8-14,23-25,36H,7,15-16H2,1-6H3,(H2,31,33)(H,32,37)/t23-,24?,25+,30-/m1/s1. The lowest BCUT2D eigenvalue weighted by molar-refractivity contribution is -0.134. The summed E-state index contributed by atoms with van der Waals surface area (Å²) < 4.78 is 12.1. The molecule has 0 spiro atoms. The summed E-state index contributed by atoms with van der Waals surface area (Å²) in [6.45, 7) is 11.9. The van der Waals surface area contributed by atoms with E-state index in [2.05, 4.69) is 5.32 Å². The van der Waals surface area contributed by atoms with Gasteiger partial charge in [0.2, 0.25) is 5.91 Å². The van der Waals surface area contributed by atoms with Gasteiger partial charge in [0.05, 0.1) is 30.7 Å². The van der Waals surface area contributed by atoms with E-state index in [-0.39, 0.29) is 24.2 Å². The maximum atomic E-state index is 13.6. The van der Waals surface area contributed by atoms with Crippen LogP contribution in [0.4, 0.5) is 0 Å². The Hall–Kier alpha value is -3.59. The van der Waals surface area contributed by atoms with E-state index < -0.39 is 34.7 Å². The van der Waals surface area contributed by atoms with Crippen LogP contribution in [0.3, 0.4) is 0 Å². The summed E-state index contributed by atoms with van der Waals surface area (Å²) in [6.07, 6.45) is -0.0216. The van der Waals surface area contributed by atoms with E-state index in [0.29, 0.717) is 41.2 Å². The van der Waals surface area contributed by atoms with Gasteiger partial charge in [-0.3, -0.25) is 14.5 Å². The fourth-order valence-corrected chi connectivity index (χ4v) is 5.80. The van der Waals surface area contributed by atoms with Crippen molar-refractivity contribution < 1.29 is 24.2 Å². The third-order valence-corrected chi connectivity index (χ3v) is 8.30. The molecule has 4 atom stereocenters. The van der Waals surface area contributed by atoms with E-state index in [1.807, 2.05) is 52.0 Å². The highest BCUT2D eigenvalue weighted by molar-refractivity contribution is 6.00. The predicted molar refractivity (Wildman–Crippen MR) is 148 cm³/mol. The molecule has 9 heteroatoms. The molecule has 0 bridgehead atoms. The van der Waals surface area contributed by atoms with Crippen LogP contribution in [-0.4, -0.2) is 51.6 Å². The number of carbonyl (C=O) groups excluding carboxylic acids is 2. The van der Waals surface area contributed by atoms with Crippen molar-refractivity contribution in [3.8, 4) is 11.5 Å². The Kier molecular flexibility index (Phi) is 6.41. The average molecular weight is 535 g/mol. The number of nitrogens with one attached hydrogen (secondary N) is 1. The molecule has 0 aromatic heterocycles. The highest BCUT2D eigenvalue weighted by Gasteiger charge is 2.48. The zero-order valence-corrected chi connectivity index (χ0v) is 23.4. The van der Waals surface area contributed by atoms with Gasteiger partial charge in [-0.25, -0.2) is 4.99 Å². The summed E-state index contributed by atoms with van der Waals surface area (Å²) in [5.74, 6) is 0.938. The van der Waals surface area contributed by atoms with Crippen molar-refractivity contribution in [2.24, 2.45) is 16.1 Å². The van der Waals surface area contributed by atoms with Crippen LogP contribution < -0.4 is 20.5 Å². The van der Waals surface area contributed by atoms with Gasteiger partial charge < -0.3 is 25.6 Å². The zero-order valence-electron chi connectivity index (χ0n) is 23.4. The highest BCUT2D eigenvalue weighted by atomic mass is 16.5. The molecule has 0 saturated heterocycles. The van der Waals surface area contributed by atoms with Gasteiger partial charge in [-0.1, -0.05) is 39.0 Å². The minimum Gasteiger partial charge on any atom is -0.493 e. The number of rotatable bonds is 4. The third-order valence-electron chi connectivity index (χ3n) is 8.30. The molecule has 4 N–H and O–H groups in total. The second-order valence-electron chi connectivity index (χ2n) is 12.3. The number of benzene rings is 2. The summed E-state index contributed by atoms with van der Waals surface area (Å²) in [4.78, 5) is 33.4. The minimum atomic E-state index is -0.973. The Bertz CT molecular complexity index is 1350. The quantitative estimate of drug-likeness (QED) is 0.547. The number of ether oxygens (including phenoxy) is 2. The van der Waals surface area contributed by atoms with E-state index in [4.69, 9.17) is 20.2 Å². The Balaban J connectivity index is 1.51. The molecule has 3 aliphatic heterocycles. The first-order valence-corrected chi connectivity index (χ1v) is 13.5. The molecule has 2 aromatic carbocycles. The predicted octanol–water partition coefficient (Wildman–Crippen LogP) is 3.87. The van der Waals surface area contributed by atoms with Crippen molar-refractivity contribution in [1.82, 2.24) is 10.2 Å². The Morgan fingerprint density at radius 2 is 1.85 bits per heavy atom. The molecule has 0 radical (unpaired) electrons. The lowest BCUT2D eigenvalue weighted by Crippen LogP contribution is -2.56. The lowest BCUT2D eigenvalue weighted by atomic mass is 9.77. The molecule has 208 valence electrons. The van der Waals surface area contributed by atoms with Crippen molar-refractivity contribution in [3.63, 3.8) is 0 Å². The van der Waals surface area contributed by atoms with Gasteiger partial charge in [-0.2, -0.15) is 0 Å². The second-order valence-corrected chi connectivity index (χ2v) is 12.3. The molecule has 0 saturated carbocycles. The largest absolute Gasteiger partial charge is 0.493 e. The summed E-state index contributed by atoms with van der Waals surface area (Å²) in [5.41, 5.74) is 6.28. The van der Waals surface area contributed by atoms with Crippen molar-refractivity contribution in [3.05, 3.63) is 59.2 Å². The Morgan fingerprint density at radius 1 is 1.13 bits per heavy atom. The second kappa shape index (κ2) is 9.26. The van der Waals surface area contributed by atoms with Crippen LogP contribution in [0, 0.1) is 5.41 Å².